The molecule has 0 saturated carbocycles. The summed E-state index contributed by atoms with van der Waals surface area (Å²) in [7, 11) is 2.19. The van der Waals surface area contributed by atoms with Crippen LogP contribution < -0.4 is 4.90 Å². The van der Waals surface area contributed by atoms with E-state index in [2.05, 4.69) is 42.8 Å². The van der Waals surface area contributed by atoms with E-state index in [1.54, 1.807) is 0 Å². The highest BCUT2D eigenvalue weighted by Gasteiger charge is 2.25. The molecular weight excluding hydrogens is 234 g/mol. The monoisotopic (exact) mass is 257 g/mol. The summed E-state index contributed by atoms with van der Waals surface area (Å²) in [5.41, 5.74) is 3.16. The number of hydrogen-bond acceptors (Lipinski definition) is 3. The molecule has 3 heteroatoms. The van der Waals surface area contributed by atoms with E-state index in [4.69, 9.17) is 0 Å². The second-order valence-corrected chi connectivity index (χ2v) is 5.45. The summed E-state index contributed by atoms with van der Waals surface area (Å²) < 4.78 is 0. The Labute approximate surface area is 116 Å². The third-order valence-electron chi connectivity index (χ3n) is 4.02. The van der Waals surface area contributed by atoms with Gasteiger partial charge in [-0.1, -0.05) is 19.1 Å². The van der Waals surface area contributed by atoms with Crippen molar-refractivity contribution < 1.29 is 0 Å². The van der Waals surface area contributed by atoms with E-state index < -0.39 is 0 Å². The van der Waals surface area contributed by atoms with Crippen molar-refractivity contribution in [2.45, 2.75) is 32.7 Å². The van der Waals surface area contributed by atoms with Crippen LogP contribution in [0, 0.1) is 18.3 Å². The summed E-state index contributed by atoms with van der Waals surface area (Å²) in [5, 5.41) is 9.37. The molecule has 0 aliphatic carbocycles. The Morgan fingerprint density at radius 3 is 2.84 bits per heavy atom. The van der Waals surface area contributed by atoms with Gasteiger partial charge in [0.1, 0.15) is 6.07 Å². The van der Waals surface area contributed by atoms with Crippen LogP contribution in [0.1, 0.15) is 30.9 Å². The number of benzene rings is 1. The summed E-state index contributed by atoms with van der Waals surface area (Å²) in [4.78, 5) is 4.86. The fraction of sp³-hybridized carbons (Fsp3) is 0.562. The van der Waals surface area contributed by atoms with E-state index in [9.17, 15) is 5.26 Å². The van der Waals surface area contributed by atoms with Crippen LogP contribution in [0.3, 0.4) is 0 Å². The number of likely N-dealkylation sites (N-methyl/N-ethyl adjacent to an activating group) is 1. The average Bonchev–Trinajstić information content (AvgIpc) is 2.59. The van der Waals surface area contributed by atoms with E-state index >= 15 is 0 Å². The zero-order chi connectivity index (χ0) is 13.8. The highest BCUT2D eigenvalue weighted by atomic mass is 15.2. The van der Waals surface area contributed by atoms with Crippen molar-refractivity contribution in [2.75, 3.05) is 31.6 Å². The Morgan fingerprint density at radius 1 is 1.37 bits per heavy atom. The molecule has 0 radical (unpaired) electrons. The topological polar surface area (TPSA) is 30.3 Å². The number of hydrogen-bond donors (Lipinski definition) is 0. The van der Waals surface area contributed by atoms with E-state index in [1.165, 1.54) is 5.56 Å². The Bertz CT molecular complexity index is 475. The number of rotatable bonds is 2. The van der Waals surface area contributed by atoms with Crippen molar-refractivity contribution in [2.24, 2.45) is 0 Å². The van der Waals surface area contributed by atoms with Crippen LogP contribution in [0.25, 0.3) is 0 Å². The van der Waals surface area contributed by atoms with Gasteiger partial charge in [-0.15, -0.1) is 0 Å². The number of nitrogens with zero attached hydrogens (tertiary/aromatic N) is 3. The minimum absolute atomic E-state index is 0.501. The average molecular weight is 257 g/mol. The SMILES string of the molecule is CCC1CN(C)CCCN1c1c(C)cccc1C#N. The smallest absolute Gasteiger partial charge is 0.101 e. The van der Waals surface area contributed by atoms with Gasteiger partial charge in [0.25, 0.3) is 0 Å². The molecule has 1 heterocycles. The van der Waals surface area contributed by atoms with Crippen LogP contribution in [0.5, 0.6) is 0 Å². The fourth-order valence-corrected chi connectivity index (χ4v) is 3.02. The molecule has 1 aliphatic rings. The minimum Gasteiger partial charge on any atom is -0.366 e. The maximum Gasteiger partial charge on any atom is 0.101 e. The Balaban J connectivity index is 2.41. The summed E-state index contributed by atoms with van der Waals surface area (Å²) in [6.07, 6.45) is 2.27. The first-order valence-corrected chi connectivity index (χ1v) is 7.12. The molecular formula is C16H23N3. The molecule has 0 amide bonds. The Hall–Kier alpha value is -1.53. The molecule has 0 spiro atoms. The van der Waals surface area contributed by atoms with Crippen molar-refractivity contribution >= 4 is 5.69 Å². The maximum absolute atomic E-state index is 9.37. The fourth-order valence-electron chi connectivity index (χ4n) is 3.02. The highest BCUT2D eigenvalue weighted by Crippen LogP contribution is 2.29. The normalized spacial score (nSPS) is 20.9. The van der Waals surface area contributed by atoms with Crippen molar-refractivity contribution in [3.8, 4) is 6.07 Å². The van der Waals surface area contributed by atoms with Crippen molar-refractivity contribution in [3.05, 3.63) is 29.3 Å². The molecule has 1 aromatic rings. The van der Waals surface area contributed by atoms with E-state index in [-0.39, 0.29) is 0 Å². The Kier molecular flexibility index (Phi) is 4.44. The largest absolute Gasteiger partial charge is 0.366 e. The number of anilines is 1. The first-order chi connectivity index (χ1) is 9.17. The molecule has 0 N–H and O–H groups in total. The molecule has 102 valence electrons. The van der Waals surface area contributed by atoms with Crippen molar-refractivity contribution in [1.29, 1.82) is 5.26 Å². The van der Waals surface area contributed by atoms with Gasteiger partial charge >= 0.3 is 0 Å². The van der Waals surface area contributed by atoms with Crippen LogP contribution in [0.4, 0.5) is 5.69 Å². The molecule has 0 aromatic heterocycles. The summed E-state index contributed by atoms with van der Waals surface area (Å²) >= 11 is 0. The predicted molar refractivity (Wildman–Crippen MR) is 79.4 cm³/mol. The number of aryl methyl sites for hydroxylation is 1. The summed E-state index contributed by atoms with van der Waals surface area (Å²) in [6.45, 7) is 7.61. The summed E-state index contributed by atoms with van der Waals surface area (Å²) in [6, 6.07) is 8.87. The van der Waals surface area contributed by atoms with E-state index in [1.807, 2.05) is 12.1 Å². The molecule has 1 aliphatic heterocycles. The zero-order valence-electron chi connectivity index (χ0n) is 12.2. The van der Waals surface area contributed by atoms with Crippen LogP contribution >= 0.6 is 0 Å². The third kappa shape index (κ3) is 2.90. The number of nitriles is 1. The second kappa shape index (κ2) is 6.08. The maximum atomic E-state index is 9.37. The first kappa shape index (κ1) is 13.9. The van der Waals surface area contributed by atoms with Gasteiger partial charge < -0.3 is 9.80 Å². The van der Waals surface area contributed by atoms with Gasteiger partial charge in [-0.05, 0) is 45.0 Å². The van der Waals surface area contributed by atoms with Crippen LogP contribution in [0.15, 0.2) is 18.2 Å². The second-order valence-electron chi connectivity index (χ2n) is 5.45. The van der Waals surface area contributed by atoms with Gasteiger partial charge in [0, 0.05) is 19.1 Å². The molecule has 1 atom stereocenters. The molecule has 1 fully saturated rings. The number of para-hydroxylation sites is 1. The highest BCUT2D eigenvalue weighted by molar-refractivity contribution is 5.64. The first-order valence-electron chi connectivity index (χ1n) is 7.12. The third-order valence-corrected chi connectivity index (χ3v) is 4.02. The van der Waals surface area contributed by atoms with Crippen LogP contribution in [0.2, 0.25) is 0 Å². The van der Waals surface area contributed by atoms with E-state index in [0.717, 1.165) is 43.7 Å². The molecule has 1 unspecified atom stereocenters. The molecule has 1 saturated heterocycles. The minimum atomic E-state index is 0.501. The van der Waals surface area contributed by atoms with Gasteiger partial charge in [-0.25, -0.2) is 0 Å². The van der Waals surface area contributed by atoms with Gasteiger partial charge in [0.2, 0.25) is 0 Å². The zero-order valence-corrected chi connectivity index (χ0v) is 12.2. The predicted octanol–water partition coefficient (Wildman–Crippen LogP) is 2.79. The van der Waals surface area contributed by atoms with Crippen LogP contribution in [-0.4, -0.2) is 37.6 Å². The lowest BCUT2D eigenvalue weighted by Crippen LogP contribution is -2.40. The Morgan fingerprint density at radius 2 is 2.16 bits per heavy atom. The molecule has 0 bridgehead atoms. The van der Waals surface area contributed by atoms with Gasteiger partial charge in [0.05, 0.1) is 11.3 Å². The van der Waals surface area contributed by atoms with Crippen molar-refractivity contribution in [1.82, 2.24) is 4.90 Å². The van der Waals surface area contributed by atoms with Crippen molar-refractivity contribution in [3.63, 3.8) is 0 Å². The lowest BCUT2D eigenvalue weighted by Gasteiger charge is -2.34. The van der Waals surface area contributed by atoms with Gasteiger partial charge in [-0.3, -0.25) is 0 Å². The molecule has 3 nitrogen and oxygen atoms in total. The lowest BCUT2D eigenvalue weighted by molar-refractivity contribution is 0.328. The lowest BCUT2D eigenvalue weighted by atomic mass is 10.0. The van der Waals surface area contributed by atoms with Gasteiger partial charge in [-0.2, -0.15) is 5.26 Å². The standard InChI is InChI=1S/C16H23N3/c1-4-15-12-18(3)9-6-10-19(15)16-13(2)7-5-8-14(16)11-17/h5,7-8,15H,4,6,9-10,12H2,1-3H3. The molecule has 2 rings (SSSR count). The summed E-state index contributed by atoms with van der Waals surface area (Å²) in [5.74, 6) is 0. The molecule has 19 heavy (non-hydrogen) atoms. The molecule has 1 aromatic carbocycles. The van der Waals surface area contributed by atoms with Gasteiger partial charge in [0.15, 0.2) is 0 Å². The quantitative estimate of drug-likeness (QED) is 0.816. The van der Waals surface area contributed by atoms with E-state index in [0.29, 0.717) is 6.04 Å². The van der Waals surface area contributed by atoms with Crippen LogP contribution in [-0.2, 0) is 0 Å².